The summed E-state index contributed by atoms with van der Waals surface area (Å²) in [6, 6.07) is 7.82. The Morgan fingerprint density at radius 2 is 2.08 bits per heavy atom. The smallest absolute Gasteiger partial charge is 0.0719 e. The molecule has 0 aliphatic rings. The van der Waals surface area contributed by atoms with Crippen molar-refractivity contribution in [3.05, 3.63) is 35.4 Å². The van der Waals surface area contributed by atoms with Crippen LogP contribution in [0.2, 0.25) is 0 Å². The fourth-order valence-corrected chi connectivity index (χ4v) is 1.17. The van der Waals surface area contributed by atoms with E-state index in [0.717, 1.165) is 11.1 Å². The van der Waals surface area contributed by atoms with Gasteiger partial charge in [0.05, 0.1) is 6.61 Å². The summed E-state index contributed by atoms with van der Waals surface area (Å²) >= 11 is 0. The topological polar surface area (TPSA) is 33.1 Å². The summed E-state index contributed by atoms with van der Waals surface area (Å²) < 4.78 is 5.02. The molecule has 0 amide bonds. The van der Waals surface area contributed by atoms with Gasteiger partial charge < -0.3 is 10.1 Å². The van der Waals surface area contributed by atoms with Gasteiger partial charge in [0.15, 0.2) is 0 Å². The molecule has 0 saturated carbocycles. The van der Waals surface area contributed by atoms with Gasteiger partial charge in [-0.25, -0.2) is 0 Å². The van der Waals surface area contributed by atoms with Gasteiger partial charge in [0.25, 0.3) is 0 Å². The SMILES string of the molecule is COCc1ccccc1C(C)=N. The molecule has 0 unspecified atom stereocenters. The lowest BCUT2D eigenvalue weighted by atomic mass is 10.0. The summed E-state index contributed by atoms with van der Waals surface area (Å²) in [7, 11) is 1.66. The molecule has 0 atom stereocenters. The van der Waals surface area contributed by atoms with Gasteiger partial charge in [-0.2, -0.15) is 0 Å². The molecule has 2 heteroatoms. The molecule has 0 bridgehead atoms. The van der Waals surface area contributed by atoms with Gasteiger partial charge in [0.1, 0.15) is 0 Å². The minimum absolute atomic E-state index is 0.576. The Kier molecular flexibility index (Phi) is 3.00. The zero-order chi connectivity index (χ0) is 8.97. The molecule has 0 radical (unpaired) electrons. The van der Waals surface area contributed by atoms with Crippen LogP contribution in [0.25, 0.3) is 0 Å². The lowest BCUT2D eigenvalue weighted by molar-refractivity contribution is 0.185. The third-order valence-corrected chi connectivity index (χ3v) is 1.72. The van der Waals surface area contributed by atoms with Gasteiger partial charge in [-0.15, -0.1) is 0 Å². The molecule has 0 saturated heterocycles. The van der Waals surface area contributed by atoms with Gasteiger partial charge >= 0.3 is 0 Å². The number of nitrogens with one attached hydrogen (secondary N) is 1. The zero-order valence-electron chi connectivity index (χ0n) is 7.42. The Morgan fingerprint density at radius 3 is 2.67 bits per heavy atom. The fourth-order valence-electron chi connectivity index (χ4n) is 1.17. The second-order valence-corrected chi connectivity index (χ2v) is 2.72. The van der Waals surface area contributed by atoms with Crippen LogP contribution in [0, 0.1) is 5.41 Å². The molecule has 0 fully saturated rings. The maximum absolute atomic E-state index is 7.50. The Hall–Kier alpha value is -1.15. The van der Waals surface area contributed by atoms with Crippen molar-refractivity contribution >= 4 is 5.71 Å². The van der Waals surface area contributed by atoms with Crippen LogP contribution in [0.5, 0.6) is 0 Å². The van der Waals surface area contributed by atoms with E-state index in [1.165, 1.54) is 0 Å². The van der Waals surface area contributed by atoms with Crippen LogP contribution in [0.3, 0.4) is 0 Å². The number of hydrogen-bond acceptors (Lipinski definition) is 2. The molecule has 1 aromatic carbocycles. The molecular weight excluding hydrogens is 150 g/mol. The third kappa shape index (κ3) is 1.92. The summed E-state index contributed by atoms with van der Waals surface area (Å²) in [4.78, 5) is 0. The van der Waals surface area contributed by atoms with E-state index in [1.807, 2.05) is 24.3 Å². The summed E-state index contributed by atoms with van der Waals surface area (Å²) in [5.41, 5.74) is 2.63. The molecule has 0 aliphatic carbocycles. The summed E-state index contributed by atoms with van der Waals surface area (Å²) in [6.07, 6.45) is 0. The van der Waals surface area contributed by atoms with Crippen LogP contribution in [-0.2, 0) is 11.3 Å². The molecule has 1 aromatic rings. The largest absolute Gasteiger partial charge is 0.380 e. The second kappa shape index (κ2) is 4.02. The van der Waals surface area contributed by atoms with E-state index >= 15 is 0 Å². The van der Waals surface area contributed by atoms with Crippen molar-refractivity contribution in [1.29, 1.82) is 5.41 Å². The van der Waals surface area contributed by atoms with E-state index in [0.29, 0.717) is 12.3 Å². The Labute approximate surface area is 72.7 Å². The van der Waals surface area contributed by atoms with Gasteiger partial charge in [-0.05, 0) is 12.5 Å². The lowest BCUT2D eigenvalue weighted by Gasteiger charge is -2.05. The Morgan fingerprint density at radius 1 is 1.42 bits per heavy atom. The van der Waals surface area contributed by atoms with Gasteiger partial charge in [0.2, 0.25) is 0 Å². The van der Waals surface area contributed by atoms with Crippen LogP contribution in [0.15, 0.2) is 24.3 Å². The monoisotopic (exact) mass is 163 g/mol. The number of ether oxygens (including phenoxy) is 1. The van der Waals surface area contributed by atoms with E-state index in [1.54, 1.807) is 14.0 Å². The Balaban J connectivity index is 3.00. The molecular formula is C10H13NO. The predicted molar refractivity (Wildman–Crippen MR) is 49.7 cm³/mol. The highest BCUT2D eigenvalue weighted by Crippen LogP contribution is 2.09. The molecule has 64 valence electrons. The average molecular weight is 163 g/mol. The molecule has 0 aliphatic heterocycles. The van der Waals surface area contributed by atoms with Crippen LogP contribution in [-0.4, -0.2) is 12.8 Å². The van der Waals surface area contributed by atoms with Crippen molar-refractivity contribution in [2.45, 2.75) is 13.5 Å². The first-order chi connectivity index (χ1) is 5.75. The molecule has 0 heterocycles. The first-order valence-electron chi connectivity index (χ1n) is 3.88. The minimum Gasteiger partial charge on any atom is -0.380 e. The quantitative estimate of drug-likeness (QED) is 0.681. The molecule has 1 N–H and O–H groups in total. The van der Waals surface area contributed by atoms with Crippen LogP contribution in [0.4, 0.5) is 0 Å². The van der Waals surface area contributed by atoms with Crippen molar-refractivity contribution in [1.82, 2.24) is 0 Å². The molecule has 1 rings (SSSR count). The second-order valence-electron chi connectivity index (χ2n) is 2.72. The predicted octanol–water partition coefficient (Wildman–Crippen LogP) is 2.22. The summed E-state index contributed by atoms with van der Waals surface area (Å²) in [5.74, 6) is 0. The van der Waals surface area contributed by atoms with Crippen molar-refractivity contribution < 1.29 is 4.74 Å². The minimum atomic E-state index is 0.576. The number of methoxy groups -OCH3 is 1. The standard InChI is InChI=1S/C10H13NO/c1-8(11)10-6-4-3-5-9(10)7-12-2/h3-6,11H,7H2,1-2H3. The number of rotatable bonds is 3. The van der Waals surface area contributed by atoms with Crippen molar-refractivity contribution in [2.75, 3.05) is 7.11 Å². The van der Waals surface area contributed by atoms with Crippen LogP contribution >= 0.6 is 0 Å². The van der Waals surface area contributed by atoms with E-state index in [2.05, 4.69) is 0 Å². The first kappa shape index (κ1) is 8.94. The lowest BCUT2D eigenvalue weighted by Crippen LogP contribution is -1.99. The van der Waals surface area contributed by atoms with Gasteiger partial charge in [0, 0.05) is 18.4 Å². The van der Waals surface area contributed by atoms with Gasteiger partial charge in [-0.1, -0.05) is 24.3 Å². The molecule has 0 aromatic heterocycles. The maximum atomic E-state index is 7.50. The van der Waals surface area contributed by atoms with E-state index in [4.69, 9.17) is 10.1 Å². The average Bonchev–Trinajstić information content (AvgIpc) is 2.05. The first-order valence-corrected chi connectivity index (χ1v) is 3.88. The maximum Gasteiger partial charge on any atom is 0.0719 e. The van der Waals surface area contributed by atoms with E-state index in [-0.39, 0.29) is 0 Å². The number of benzene rings is 1. The normalized spacial score (nSPS) is 9.83. The van der Waals surface area contributed by atoms with Crippen LogP contribution in [0.1, 0.15) is 18.1 Å². The summed E-state index contributed by atoms with van der Waals surface area (Å²) in [5, 5.41) is 7.50. The van der Waals surface area contributed by atoms with E-state index < -0.39 is 0 Å². The molecule has 2 nitrogen and oxygen atoms in total. The molecule has 0 spiro atoms. The van der Waals surface area contributed by atoms with Gasteiger partial charge in [-0.3, -0.25) is 0 Å². The highest BCUT2D eigenvalue weighted by Gasteiger charge is 2.01. The van der Waals surface area contributed by atoms with Crippen LogP contribution < -0.4 is 0 Å². The fraction of sp³-hybridized carbons (Fsp3) is 0.300. The Bertz CT molecular complexity index is 281. The number of hydrogen-bond donors (Lipinski definition) is 1. The van der Waals surface area contributed by atoms with E-state index in [9.17, 15) is 0 Å². The van der Waals surface area contributed by atoms with Crippen molar-refractivity contribution in [3.8, 4) is 0 Å². The highest BCUT2D eigenvalue weighted by molar-refractivity contribution is 5.97. The highest BCUT2D eigenvalue weighted by atomic mass is 16.5. The molecule has 12 heavy (non-hydrogen) atoms. The summed E-state index contributed by atoms with van der Waals surface area (Å²) in [6.45, 7) is 2.36. The van der Waals surface area contributed by atoms with Crippen molar-refractivity contribution in [3.63, 3.8) is 0 Å². The van der Waals surface area contributed by atoms with Crippen molar-refractivity contribution in [2.24, 2.45) is 0 Å². The zero-order valence-corrected chi connectivity index (χ0v) is 7.42. The third-order valence-electron chi connectivity index (χ3n) is 1.72.